The zero-order chi connectivity index (χ0) is 48.5. The van der Waals surface area contributed by atoms with Gasteiger partial charge in [0.1, 0.15) is 0 Å². The normalized spacial score (nSPS) is 12.7. The lowest BCUT2D eigenvalue weighted by atomic mass is 10.0. The molecule has 0 bridgehead atoms. The van der Waals surface area contributed by atoms with Crippen molar-refractivity contribution in [1.29, 1.82) is 0 Å². The first-order valence-electron chi connectivity index (χ1n) is 24.5. The third kappa shape index (κ3) is 8.18. The minimum Gasteiger partial charge on any atom is -0.311 e. The monoisotopic (exact) mass is 800 g/mol. The molecule has 0 aliphatic carbocycles. The largest absolute Gasteiger partial charge is 0.311 e. The number of hydrogen-bond acceptors (Lipinski definition) is 2. The average Bonchev–Trinajstić information content (AvgIpc) is 3.41. The summed E-state index contributed by atoms with van der Waals surface area (Å²) >= 11 is 0. The van der Waals surface area contributed by atoms with Crippen LogP contribution >= 0.6 is 0 Å². The van der Waals surface area contributed by atoms with Gasteiger partial charge in [0.05, 0.1) is 11.0 Å². The maximum atomic E-state index is 8.54. The topological polar surface area (TPSA) is 6.48 Å². The molecular weight excluding hydrogens is 749 g/mol. The first kappa shape index (κ1) is 29.9. The Kier molecular flexibility index (Phi) is 8.48. The average molecular weight is 801 g/mol. The van der Waals surface area contributed by atoms with Crippen LogP contribution in [0.3, 0.4) is 0 Å². The third-order valence-corrected chi connectivity index (χ3v) is 11.0. The van der Waals surface area contributed by atoms with Crippen LogP contribution in [0.15, 0.2) is 267 Å². The van der Waals surface area contributed by atoms with Gasteiger partial charge >= 0.3 is 0 Å². The zero-order valence-electron chi connectivity index (χ0n) is 41.7. The smallest absolute Gasteiger partial charge is 0.0629 e. The molecule has 0 radical (unpaired) electrons. The summed E-state index contributed by atoms with van der Waals surface area (Å²) in [5.74, 6) is 0. The van der Waals surface area contributed by atoms with Crippen molar-refractivity contribution in [3.63, 3.8) is 0 Å². The van der Waals surface area contributed by atoms with Crippen LogP contribution in [-0.2, 0) is 0 Å². The van der Waals surface area contributed by atoms with Gasteiger partial charge in [0.15, 0.2) is 0 Å². The van der Waals surface area contributed by atoms with Crippen LogP contribution in [0.1, 0.15) is 11.0 Å². The van der Waals surface area contributed by atoms with Crippen LogP contribution in [0.4, 0.5) is 34.1 Å². The van der Waals surface area contributed by atoms with Gasteiger partial charge in [-0.2, -0.15) is 0 Å². The molecular formula is C60H44N2. The molecule has 0 saturated carbocycles. The fraction of sp³-hybridized carbons (Fsp3) is 0. The van der Waals surface area contributed by atoms with Gasteiger partial charge in [-0.25, -0.2) is 0 Å². The molecule has 10 rings (SSSR count). The van der Waals surface area contributed by atoms with E-state index in [0.29, 0.717) is 22.3 Å². The highest BCUT2D eigenvalue weighted by molar-refractivity contribution is 5.83. The highest BCUT2D eigenvalue weighted by atomic mass is 15.1. The summed E-state index contributed by atoms with van der Waals surface area (Å²) in [7, 11) is 0. The van der Waals surface area contributed by atoms with E-state index >= 15 is 0 Å². The van der Waals surface area contributed by atoms with E-state index in [1.54, 1.807) is 0 Å². The van der Waals surface area contributed by atoms with Crippen molar-refractivity contribution < 1.29 is 11.0 Å². The number of anilines is 6. The van der Waals surface area contributed by atoms with E-state index in [1.807, 2.05) is 84.9 Å². The van der Waals surface area contributed by atoms with Crippen LogP contribution in [0.5, 0.6) is 0 Å². The molecule has 0 aliphatic rings. The zero-order valence-corrected chi connectivity index (χ0v) is 33.7. The molecule has 10 aromatic carbocycles. The fourth-order valence-corrected chi connectivity index (χ4v) is 7.82. The maximum Gasteiger partial charge on any atom is 0.0629 e. The SMILES string of the molecule is [2H]c1cc(-c2ccc(N(c3ccc(-c4ccccc4)cc3)c3ccc(-c4ccc(N(c5ccc(-c6ccccc6)cc5)c5ccc(-c6cc([2H])c([2H])c([2H])c6[2H])cc5)cc4)cc3)cc2)c([2H])c([2H])c1[2H]. The number of nitrogens with zero attached hydrogens (tertiary/aromatic N) is 2. The summed E-state index contributed by atoms with van der Waals surface area (Å²) in [6.07, 6.45) is 0. The van der Waals surface area contributed by atoms with E-state index in [1.165, 1.54) is 12.1 Å². The standard InChI is InChI=1S/C60H44N2/c1-5-13-45(14-6-1)49-21-33-55(34-22-49)61(56-35-23-50(24-36-56)46-15-7-2-8-16-46)59-41-29-53(30-42-59)54-31-43-60(44-32-54)62(57-37-25-51(26-38-57)47-17-9-3-10-18-47)58-39-27-52(28-40-58)48-19-11-4-12-20-48/h1-44H/i1D,3D,5D,6D,9D,10D,13D,17D. The highest BCUT2D eigenvalue weighted by Crippen LogP contribution is 2.40. The Morgan fingerprint density at radius 2 is 0.419 bits per heavy atom. The van der Waals surface area contributed by atoms with Crippen molar-refractivity contribution in [2.45, 2.75) is 0 Å². The van der Waals surface area contributed by atoms with Crippen LogP contribution < -0.4 is 9.80 Å². The van der Waals surface area contributed by atoms with Crippen LogP contribution in [-0.4, -0.2) is 0 Å². The van der Waals surface area contributed by atoms with Gasteiger partial charge in [-0.05, 0) is 128 Å². The lowest BCUT2D eigenvalue weighted by molar-refractivity contribution is 1.28. The first-order chi connectivity index (χ1) is 34.0. The Labute approximate surface area is 376 Å². The summed E-state index contributed by atoms with van der Waals surface area (Å²) in [6.45, 7) is 0. The van der Waals surface area contributed by atoms with Gasteiger partial charge in [0.25, 0.3) is 0 Å². The van der Waals surface area contributed by atoms with Crippen molar-refractivity contribution in [2.75, 3.05) is 9.80 Å². The Morgan fingerprint density at radius 1 is 0.194 bits per heavy atom. The van der Waals surface area contributed by atoms with Crippen molar-refractivity contribution in [3.05, 3.63) is 267 Å². The Hall–Kier alpha value is -8.20. The fourth-order valence-electron chi connectivity index (χ4n) is 7.82. The Balaban J connectivity index is 0.976. The van der Waals surface area contributed by atoms with Crippen molar-refractivity contribution in [3.8, 4) is 55.6 Å². The lowest BCUT2D eigenvalue weighted by Crippen LogP contribution is -2.10. The van der Waals surface area contributed by atoms with Crippen molar-refractivity contribution in [1.82, 2.24) is 0 Å². The van der Waals surface area contributed by atoms with Gasteiger partial charge in [0, 0.05) is 34.1 Å². The molecule has 0 heterocycles. The third-order valence-electron chi connectivity index (χ3n) is 11.0. The molecule has 0 amide bonds. The molecule has 0 aliphatic heterocycles. The Bertz CT molecular complexity index is 3220. The molecule has 0 saturated heterocycles. The summed E-state index contributed by atoms with van der Waals surface area (Å²) in [6, 6.07) is 71.4. The molecule has 0 spiro atoms. The van der Waals surface area contributed by atoms with Crippen molar-refractivity contribution >= 4 is 34.1 Å². The molecule has 0 N–H and O–H groups in total. The molecule has 10 aromatic rings. The van der Waals surface area contributed by atoms with E-state index in [-0.39, 0.29) is 48.3 Å². The van der Waals surface area contributed by atoms with E-state index in [9.17, 15) is 0 Å². The molecule has 0 aromatic heterocycles. The summed E-state index contributed by atoms with van der Waals surface area (Å²) < 4.78 is 66.0. The second-order valence-corrected chi connectivity index (χ2v) is 14.8. The summed E-state index contributed by atoms with van der Waals surface area (Å²) in [5.41, 5.74) is 14.3. The molecule has 2 heteroatoms. The minimum absolute atomic E-state index is 0.0731. The van der Waals surface area contributed by atoms with Gasteiger partial charge in [-0.1, -0.05) is 194 Å². The van der Waals surface area contributed by atoms with Gasteiger partial charge < -0.3 is 9.80 Å². The van der Waals surface area contributed by atoms with E-state index < -0.39 is 0 Å². The second kappa shape index (κ2) is 17.6. The van der Waals surface area contributed by atoms with E-state index in [4.69, 9.17) is 11.0 Å². The minimum atomic E-state index is -0.258. The molecule has 0 fully saturated rings. The molecule has 0 atom stereocenters. The van der Waals surface area contributed by atoms with Crippen LogP contribution in [0, 0.1) is 0 Å². The molecule has 2 nitrogen and oxygen atoms in total. The second-order valence-electron chi connectivity index (χ2n) is 14.8. The van der Waals surface area contributed by atoms with Gasteiger partial charge in [0.2, 0.25) is 0 Å². The van der Waals surface area contributed by atoms with E-state index in [2.05, 4.69) is 131 Å². The van der Waals surface area contributed by atoms with Crippen LogP contribution in [0.25, 0.3) is 55.6 Å². The Morgan fingerprint density at radius 3 is 0.677 bits per heavy atom. The van der Waals surface area contributed by atoms with Crippen LogP contribution in [0.2, 0.25) is 0 Å². The van der Waals surface area contributed by atoms with Crippen molar-refractivity contribution in [2.24, 2.45) is 0 Å². The van der Waals surface area contributed by atoms with Gasteiger partial charge in [-0.15, -0.1) is 0 Å². The lowest BCUT2D eigenvalue weighted by Gasteiger charge is -2.27. The first-order valence-corrected chi connectivity index (χ1v) is 20.5. The van der Waals surface area contributed by atoms with E-state index in [0.717, 1.165) is 67.5 Å². The number of hydrogen-bond donors (Lipinski definition) is 0. The highest BCUT2D eigenvalue weighted by Gasteiger charge is 2.16. The predicted octanol–water partition coefficient (Wildman–Crippen LogP) is 17.0. The number of benzene rings is 10. The molecule has 294 valence electrons. The van der Waals surface area contributed by atoms with Gasteiger partial charge in [-0.3, -0.25) is 0 Å². The molecule has 62 heavy (non-hydrogen) atoms. The predicted molar refractivity (Wildman–Crippen MR) is 263 cm³/mol. The molecule has 0 unspecified atom stereocenters. The maximum absolute atomic E-state index is 8.54. The summed E-state index contributed by atoms with van der Waals surface area (Å²) in [4.78, 5) is 4.34. The number of rotatable bonds is 11. The summed E-state index contributed by atoms with van der Waals surface area (Å²) in [5, 5.41) is 0. The quantitative estimate of drug-likeness (QED) is 0.129.